The largest absolute Gasteiger partial charge is 0.356 e. The Kier molecular flexibility index (Phi) is 8.08. The molecule has 140 valence electrons. The number of hydrogen-bond donors (Lipinski definition) is 3. The van der Waals surface area contributed by atoms with Crippen LogP contribution in [0.25, 0.3) is 0 Å². The number of nitrogens with zero attached hydrogens (tertiary/aromatic N) is 2. The van der Waals surface area contributed by atoms with Gasteiger partial charge in [0.25, 0.3) is 0 Å². The van der Waals surface area contributed by atoms with Crippen LogP contribution in [0.1, 0.15) is 29.3 Å². The first-order valence-electron chi connectivity index (χ1n) is 8.85. The lowest BCUT2D eigenvalue weighted by Gasteiger charge is -2.11. The summed E-state index contributed by atoms with van der Waals surface area (Å²) >= 11 is 1.77. The Labute approximate surface area is 159 Å². The van der Waals surface area contributed by atoms with Gasteiger partial charge in [0.15, 0.2) is 5.96 Å². The van der Waals surface area contributed by atoms with Crippen LogP contribution >= 0.6 is 11.3 Å². The maximum absolute atomic E-state index is 11.0. The first-order chi connectivity index (χ1) is 12.6. The number of benzene rings is 1. The van der Waals surface area contributed by atoms with Gasteiger partial charge in [-0.15, -0.1) is 11.3 Å². The minimum absolute atomic E-state index is 0.0574. The Morgan fingerprint density at radius 1 is 1.15 bits per heavy atom. The van der Waals surface area contributed by atoms with Crippen LogP contribution in [-0.2, 0) is 24.1 Å². The molecule has 7 heteroatoms. The van der Waals surface area contributed by atoms with E-state index in [-0.39, 0.29) is 5.91 Å². The Hall–Kier alpha value is -2.41. The lowest BCUT2D eigenvalue weighted by molar-refractivity contribution is -0.114. The summed E-state index contributed by atoms with van der Waals surface area (Å²) in [7, 11) is 1.77. The summed E-state index contributed by atoms with van der Waals surface area (Å²) in [5.41, 5.74) is 2.03. The molecule has 0 saturated heterocycles. The highest BCUT2D eigenvalue weighted by molar-refractivity contribution is 7.11. The summed E-state index contributed by atoms with van der Waals surface area (Å²) < 4.78 is 0. The number of amides is 1. The van der Waals surface area contributed by atoms with Gasteiger partial charge in [-0.05, 0) is 30.5 Å². The van der Waals surface area contributed by atoms with Crippen molar-refractivity contribution in [3.05, 3.63) is 45.9 Å². The number of aromatic nitrogens is 1. The Morgan fingerprint density at radius 2 is 1.85 bits per heavy atom. The summed E-state index contributed by atoms with van der Waals surface area (Å²) in [6, 6.07) is 7.89. The number of aryl methyl sites for hydroxylation is 1. The van der Waals surface area contributed by atoms with Crippen LogP contribution in [0.15, 0.2) is 35.5 Å². The predicted octanol–water partition coefficient (Wildman–Crippen LogP) is 2.61. The van der Waals surface area contributed by atoms with E-state index in [1.165, 1.54) is 17.4 Å². The van der Waals surface area contributed by atoms with Gasteiger partial charge in [0.2, 0.25) is 5.91 Å². The average molecular weight is 374 g/mol. The van der Waals surface area contributed by atoms with Crippen molar-refractivity contribution < 1.29 is 4.79 Å². The number of guanidine groups is 1. The van der Waals surface area contributed by atoms with Gasteiger partial charge in [0.05, 0.1) is 5.01 Å². The normalized spacial score (nSPS) is 11.3. The maximum Gasteiger partial charge on any atom is 0.221 e. The molecule has 1 aromatic carbocycles. The van der Waals surface area contributed by atoms with Crippen molar-refractivity contribution in [3.63, 3.8) is 0 Å². The number of thiazole rings is 1. The predicted molar refractivity (Wildman–Crippen MR) is 109 cm³/mol. The minimum atomic E-state index is -0.0574. The quantitative estimate of drug-likeness (QED) is 0.491. The number of anilines is 1. The molecule has 0 atom stereocenters. The second-order valence-electron chi connectivity index (χ2n) is 5.88. The van der Waals surface area contributed by atoms with Crippen molar-refractivity contribution in [1.82, 2.24) is 15.6 Å². The highest BCUT2D eigenvalue weighted by atomic mass is 32.1. The fraction of sp³-hybridized carbons (Fsp3) is 0.421. The standard InChI is InChI=1S/C19H27N5OS/c1-4-17-13-23-18(26-17)10-12-22-19(20-3)21-11-9-15-5-7-16(8-6-15)24-14(2)25/h5-8,13H,4,9-12H2,1-3H3,(H,24,25)(H2,20,21,22). The molecule has 0 spiro atoms. The minimum Gasteiger partial charge on any atom is -0.356 e. The van der Waals surface area contributed by atoms with Gasteiger partial charge in [-0.1, -0.05) is 19.1 Å². The molecule has 0 radical (unpaired) electrons. The zero-order chi connectivity index (χ0) is 18.8. The zero-order valence-corrected chi connectivity index (χ0v) is 16.4. The van der Waals surface area contributed by atoms with Crippen molar-refractivity contribution in [1.29, 1.82) is 0 Å². The molecule has 0 saturated carbocycles. The van der Waals surface area contributed by atoms with Crippen molar-refractivity contribution >= 4 is 28.9 Å². The summed E-state index contributed by atoms with van der Waals surface area (Å²) in [4.78, 5) is 21.0. The summed E-state index contributed by atoms with van der Waals surface area (Å²) in [5.74, 6) is 0.741. The van der Waals surface area contributed by atoms with Gasteiger partial charge < -0.3 is 16.0 Å². The SMILES string of the molecule is CCc1cnc(CCNC(=NC)NCCc2ccc(NC(C)=O)cc2)s1. The van der Waals surface area contributed by atoms with Crippen LogP contribution in [-0.4, -0.2) is 37.0 Å². The van der Waals surface area contributed by atoms with Crippen LogP contribution in [0.3, 0.4) is 0 Å². The van der Waals surface area contributed by atoms with Crippen LogP contribution < -0.4 is 16.0 Å². The van der Waals surface area contributed by atoms with E-state index in [9.17, 15) is 4.79 Å². The third kappa shape index (κ3) is 6.84. The van der Waals surface area contributed by atoms with Gasteiger partial charge in [0.1, 0.15) is 0 Å². The number of carbonyl (C=O) groups excluding carboxylic acids is 1. The van der Waals surface area contributed by atoms with Crippen LogP contribution in [0, 0.1) is 0 Å². The van der Waals surface area contributed by atoms with Crippen LogP contribution in [0.5, 0.6) is 0 Å². The molecular weight excluding hydrogens is 346 g/mol. The van der Waals surface area contributed by atoms with Crippen molar-refractivity contribution in [3.8, 4) is 0 Å². The van der Waals surface area contributed by atoms with E-state index < -0.39 is 0 Å². The number of aliphatic imine (C=N–C) groups is 1. The van der Waals surface area contributed by atoms with E-state index in [2.05, 4.69) is 32.9 Å². The van der Waals surface area contributed by atoms with Gasteiger partial charge in [-0.3, -0.25) is 9.79 Å². The van der Waals surface area contributed by atoms with E-state index in [0.717, 1.165) is 49.0 Å². The topological polar surface area (TPSA) is 78.4 Å². The molecule has 1 heterocycles. The third-order valence-corrected chi connectivity index (χ3v) is 4.99. The van der Waals surface area contributed by atoms with Crippen LogP contribution in [0.2, 0.25) is 0 Å². The lowest BCUT2D eigenvalue weighted by Crippen LogP contribution is -2.39. The van der Waals surface area contributed by atoms with Gasteiger partial charge in [0, 0.05) is 50.2 Å². The molecule has 0 aliphatic rings. The van der Waals surface area contributed by atoms with Crippen molar-refractivity contribution in [2.75, 3.05) is 25.5 Å². The number of hydrogen-bond acceptors (Lipinski definition) is 4. The van der Waals surface area contributed by atoms with Crippen LogP contribution in [0.4, 0.5) is 5.69 Å². The third-order valence-electron chi connectivity index (χ3n) is 3.79. The van der Waals surface area contributed by atoms with E-state index in [4.69, 9.17) is 0 Å². The van der Waals surface area contributed by atoms with E-state index in [0.29, 0.717) is 0 Å². The second-order valence-corrected chi connectivity index (χ2v) is 7.08. The van der Waals surface area contributed by atoms with Gasteiger partial charge >= 0.3 is 0 Å². The Morgan fingerprint density at radius 3 is 2.42 bits per heavy atom. The number of rotatable bonds is 8. The highest BCUT2D eigenvalue weighted by Gasteiger charge is 2.02. The first-order valence-corrected chi connectivity index (χ1v) is 9.67. The van der Waals surface area contributed by atoms with Crippen molar-refractivity contribution in [2.45, 2.75) is 33.1 Å². The Balaban J connectivity index is 1.68. The monoisotopic (exact) mass is 373 g/mol. The molecule has 0 aliphatic heterocycles. The fourth-order valence-electron chi connectivity index (χ4n) is 2.42. The van der Waals surface area contributed by atoms with E-state index in [1.807, 2.05) is 30.5 Å². The number of nitrogens with one attached hydrogen (secondary N) is 3. The molecule has 6 nitrogen and oxygen atoms in total. The van der Waals surface area contributed by atoms with E-state index >= 15 is 0 Å². The average Bonchev–Trinajstić information content (AvgIpc) is 3.09. The highest BCUT2D eigenvalue weighted by Crippen LogP contribution is 2.13. The fourth-order valence-corrected chi connectivity index (χ4v) is 3.28. The molecule has 26 heavy (non-hydrogen) atoms. The van der Waals surface area contributed by atoms with E-state index in [1.54, 1.807) is 18.4 Å². The Bertz CT molecular complexity index is 724. The first kappa shape index (κ1) is 19.9. The molecule has 0 aliphatic carbocycles. The smallest absolute Gasteiger partial charge is 0.221 e. The molecule has 0 fully saturated rings. The second kappa shape index (κ2) is 10.6. The maximum atomic E-state index is 11.0. The summed E-state index contributed by atoms with van der Waals surface area (Å²) in [6.07, 6.45) is 4.79. The molecule has 2 rings (SSSR count). The molecule has 0 bridgehead atoms. The molecule has 3 N–H and O–H groups in total. The number of carbonyl (C=O) groups is 1. The lowest BCUT2D eigenvalue weighted by atomic mass is 10.1. The molecular formula is C19H27N5OS. The molecule has 1 aromatic heterocycles. The molecule has 1 amide bonds. The summed E-state index contributed by atoms with van der Waals surface area (Å²) in [6.45, 7) is 5.25. The summed E-state index contributed by atoms with van der Waals surface area (Å²) in [5, 5.41) is 10.6. The van der Waals surface area contributed by atoms with Gasteiger partial charge in [-0.25, -0.2) is 4.98 Å². The van der Waals surface area contributed by atoms with Crippen molar-refractivity contribution in [2.24, 2.45) is 4.99 Å². The zero-order valence-electron chi connectivity index (χ0n) is 15.6. The molecule has 0 unspecified atom stereocenters. The molecule has 2 aromatic rings. The van der Waals surface area contributed by atoms with Gasteiger partial charge in [-0.2, -0.15) is 0 Å².